The van der Waals surface area contributed by atoms with Gasteiger partial charge in [0.05, 0.1) is 12.1 Å². The van der Waals surface area contributed by atoms with E-state index in [1.54, 1.807) is 6.92 Å². The second-order valence-electron chi connectivity index (χ2n) is 3.75. The zero-order valence-electron chi connectivity index (χ0n) is 7.73. The summed E-state index contributed by atoms with van der Waals surface area (Å²) in [5.74, 6) is 0.936. The lowest BCUT2D eigenvalue weighted by Crippen LogP contribution is -2.00. The first kappa shape index (κ1) is 8.41. The average Bonchev–Trinajstić information content (AvgIpc) is 2.73. The maximum absolute atomic E-state index is 10.8. The number of rotatable bonds is 4. The molecular weight excluding hydrogens is 166 g/mol. The van der Waals surface area contributed by atoms with Gasteiger partial charge < -0.3 is 0 Å². The van der Waals surface area contributed by atoms with Crippen LogP contribution < -0.4 is 0 Å². The molecule has 1 saturated carbocycles. The summed E-state index contributed by atoms with van der Waals surface area (Å²) in [5.41, 5.74) is 0.785. The highest BCUT2D eigenvalue weighted by atomic mass is 16.1. The van der Waals surface area contributed by atoms with Gasteiger partial charge in [-0.2, -0.15) is 0 Å². The van der Waals surface area contributed by atoms with Crippen molar-refractivity contribution < 1.29 is 4.79 Å². The van der Waals surface area contributed by atoms with E-state index in [0.29, 0.717) is 6.42 Å². The van der Waals surface area contributed by atoms with Gasteiger partial charge in [-0.05, 0) is 25.7 Å². The van der Waals surface area contributed by atoms with E-state index < -0.39 is 0 Å². The van der Waals surface area contributed by atoms with E-state index in [1.165, 1.54) is 12.8 Å². The minimum absolute atomic E-state index is 0.137. The maximum Gasteiger partial charge on any atom is 0.135 e. The van der Waals surface area contributed by atoms with Gasteiger partial charge in [0.15, 0.2) is 0 Å². The molecule has 0 bridgehead atoms. The SMILES string of the molecule is CC(=O)Cc1cn(CC2CC2)nn1. The first-order chi connectivity index (χ1) is 6.24. The Labute approximate surface area is 76.9 Å². The van der Waals surface area contributed by atoms with Crippen molar-refractivity contribution in [2.45, 2.75) is 32.7 Å². The van der Waals surface area contributed by atoms with Crippen LogP contribution in [0.25, 0.3) is 0 Å². The number of nitrogens with zero attached hydrogens (tertiary/aromatic N) is 3. The Balaban J connectivity index is 1.95. The van der Waals surface area contributed by atoms with E-state index in [1.807, 2.05) is 10.9 Å². The molecule has 13 heavy (non-hydrogen) atoms. The molecular formula is C9H13N3O. The molecule has 0 N–H and O–H groups in total. The summed E-state index contributed by atoms with van der Waals surface area (Å²) < 4.78 is 1.84. The molecule has 4 nitrogen and oxygen atoms in total. The molecule has 0 aliphatic heterocycles. The molecule has 70 valence electrons. The molecule has 2 rings (SSSR count). The number of ketones is 1. The minimum atomic E-state index is 0.137. The van der Waals surface area contributed by atoms with Crippen LogP contribution in [0.3, 0.4) is 0 Å². The van der Waals surface area contributed by atoms with Crippen molar-refractivity contribution in [1.29, 1.82) is 0 Å². The summed E-state index contributed by atoms with van der Waals surface area (Å²) in [6.07, 6.45) is 4.90. The minimum Gasteiger partial charge on any atom is -0.300 e. The van der Waals surface area contributed by atoms with Gasteiger partial charge in [-0.25, -0.2) is 0 Å². The Morgan fingerprint density at radius 2 is 2.46 bits per heavy atom. The highest BCUT2D eigenvalue weighted by Crippen LogP contribution is 2.30. The van der Waals surface area contributed by atoms with E-state index >= 15 is 0 Å². The average molecular weight is 179 g/mol. The van der Waals surface area contributed by atoms with Gasteiger partial charge in [0.25, 0.3) is 0 Å². The third kappa shape index (κ3) is 2.37. The molecule has 1 aromatic rings. The van der Waals surface area contributed by atoms with Crippen LogP contribution in [0.4, 0.5) is 0 Å². The molecule has 0 unspecified atom stereocenters. The van der Waals surface area contributed by atoms with E-state index in [2.05, 4.69) is 10.3 Å². The summed E-state index contributed by atoms with van der Waals surface area (Å²) in [6.45, 7) is 2.53. The topological polar surface area (TPSA) is 47.8 Å². The molecule has 0 radical (unpaired) electrons. The number of Topliss-reactive ketones (excluding diaryl/α,β-unsaturated/α-hetero) is 1. The second-order valence-corrected chi connectivity index (χ2v) is 3.75. The fraction of sp³-hybridized carbons (Fsp3) is 0.667. The van der Waals surface area contributed by atoms with Crippen LogP contribution >= 0.6 is 0 Å². The number of aromatic nitrogens is 3. The summed E-state index contributed by atoms with van der Waals surface area (Å²) in [7, 11) is 0. The molecule has 1 aliphatic carbocycles. The summed E-state index contributed by atoms with van der Waals surface area (Å²) in [5, 5.41) is 7.89. The summed E-state index contributed by atoms with van der Waals surface area (Å²) in [6, 6.07) is 0. The van der Waals surface area contributed by atoms with Crippen LogP contribution in [0.15, 0.2) is 6.20 Å². The fourth-order valence-corrected chi connectivity index (χ4v) is 1.33. The third-order valence-electron chi connectivity index (χ3n) is 2.16. The van der Waals surface area contributed by atoms with Gasteiger partial charge >= 0.3 is 0 Å². The van der Waals surface area contributed by atoms with Crippen LogP contribution in [-0.4, -0.2) is 20.8 Å². The first-order valence-electron chi connectivity index (χ1n) is 4.62. The van der Waals surface area contributed by atoms with Gasteiger partial charge in [-0.1, -0.05) is 5.21 Å². The van der Waals surface area contributed by atoms with Crippen LogP contribution in [0.1, 0.15) is 25.5 Å². The lowest BCUT2D eigenvalue weighted by Gasteiger charge is -1.94. The highest BCUT2D eigenvalue weighted by molar-refractivity contribution is 5.77. The van der Waals surface area contributed by atoms with Gasteiger partial charge in [0.2, 0.25) is 0 Å². The molecule has 0 atom stereocenters. The summed E-state index contributed by atoms with van der Waals surface area (Å²) in [4.78, 5) is 10.8. The molecule has 0 saturated heterocycles. The van der Waals surface area contributed by atoms with Crippen LogP contribution in [0.2, 0.25) is 0 Å². The van der Waals surface area contributed by atoms with Crippen molar-refractivity contribution in [3.63, 3.8) is 0 Å². The van der Waals surface area contributed by atoms with Crippen molar-refractivity contribution in [2.24, 2.45) is 5.92 Å². The van der Waals surface area contributed by atoms with Gasteiger partial charge in [-0.15, -0.1) is 5.10 Å². The van der Waals surface area contributed by atoms with E-state index in [9.17, 15) is 4.79 Å². The molecule has 4 heteroatoms. The van der Waals surface area contributed by atoms with E-state index in [-0.39, 0.29) is 5.78 Å². The van der Waals surface area contributed by atoms with E-state index in [0.717, 1.165) is 18.2 Å². The predicted molar refractivity (Wildman–Crippen MR) is 47.1 cm³/mol. The summed E-state index contributed by atoms with van der Waals surface area (Å²) >= 11 is 0. The Kier molecular flexibility index (Phi) is 2.12. The van der Waals surface area contributed by atoms with Crippen molar-refractivity contribution in [2.75, 3.05) is 0 Å². The molecule has 0 spiro atoms. The second kappa shape index (κ2) is 3.28. The Bertz CT molecular complexity index is 314. The number of carbonyl (C=O) groups is 1. The molecule has 1 aromatic heterocycles. The molecule has 0 aromatic carbocycles. The van der Waals surface area contributed by atoms with Crippen molar-refractivity contribution in [1.82, 2.24) is 15.0 Å². The van der Waals surface area contributed by atoms with Crippen molar-refractivity contribution >= 4 is 5.78 Å². The molecule has 1 heterocycles. The van der Waals surface area contributed by atoms with Crippen molar-refractivity contribution in [3.05, 3.63) is 11.9 Å². The largest absolute Gasteiger partial charge is 0.300 e. The van der Waals surface area contributed by atoms with Crippen LogP contribution in [-0.2, 0) is 17.8 Å². The van der Waals surface area contributed by atoms with Crippen LogP contribution in [0, 0.1) is 5.92 Å². The van der Waals surface area contributed by atoms with Gasteiger partial charge in [0, 0.05) is 12.7 Å². The fourth-order valence-electron chi connectivity index (χ4n) is 1.33. The van der Waals surface area contributed by atoms with Crippen molar-refractivity contribution in [3.8, 4) is 0 Å². The highest BCUT2D eigenvalue weighted by Gasteiger charge is 2.22. The lowest BCUT2D eigenvalue weighted by atomic mass is 10.2. The number of carbonyl (C=O) groups excluding carboxylic acids is 1. The monoisotopic (exact) mass is 179 g/mol. The normalized spacial score (nSPS) is 16.1. The number of hydrogen-bond acceptors (Lipinski definition) is 3. The predicted octanol–water partition coefficient (Wildman–Crippen LogP) is 0.820. The molecule has 1 fully saturated rings. The zero-order valence-corrected chi connectivity index (χ0v) is 7.73. The number of hydrogen-bond donors (Lipinski definition) is 0. The Morgan fingerprint density at radius 1 is 1.69 bits per heavy atom. The van der Waals surface area contributed by atoms with E-state index in [4.69, 9.17) is 0 Å². The zero-order chi connectivity index (χ0) is 9.26. The van der Waals surface area contributed by atoms with Gasteiger partial charge in [0.1, 0.15) is 5.78 Å². The molecule has 1 aliphatic rings. The maximum atomic E-state index is 10.8. The molecule has 0 amide bonds. The van der Waals surface area contributed by atoms with Gasteiger partial charge in [-0.3, -0.25) is 9.48 Å². The third-order valence-corrected chi connectivity index (χ3v) is 2.16. The smallest absolute Gasteiger partial charge is 0.135 e. The van der Waals surface area contributed by atoms with Crippen LogP contribution in [0.5, 0.6) is 0 Å². The quantitative estimate of drug-likeness (QED) is 0.687. The first-order valence-corrected chi connectivity index (χ1v) is 4.62. The Hall–Kier alpha value is -1.19. The Morgan fingerprint density at radius 3 is 3.08 bits per heavy atom. The lowest BCUT2D eigenvalue weighted by molar-refractivity contribution is -0.116. The standard InChI is InChI=1S/C9H13N3O/c1-7(13)4-9-6-12(11-10-9)5-8-2-3-8/h6,8H,2-5H2,1H3.